The third kappa shape index (κ3) is 2.30. The van der Waals surface area contributed by atoms with Crippen molar-refractivity contribution in [2.45, 2.75) is 13.3 Å². The summed E-state index contributed by atoms with van der Waals surface area (Å²) in [5.74, 6) is 1.72. The zero-order valence-corrected chi connectivity index (χ0v) is 10.0. The first-order chi connectivity index (χ1) is 7.83. The first-order valence-corrected chi connectivity index (χ1v) is 6.55. The molecule has 0 unspecified atom stereocenters. The molecule has 0 saturated heterocycles. The van der Waals surface area contributed by atoms with E-state index in [1.165, 1.54) is 0 Å². The Morgan fingerprint density at radius 3 is 3.00 bits per heavy atom. The van der Waals surface area contributed by atoms with Gasteiger partial charge in [-0.25, -0.2) is 0 Å². The molecular weight excluding hydrogens is 220 g/mol. The van der Waals surface area contributed by atoms with Crippen LogP contribution in [0.5, 0.6) is 0 Å². The lowest BCUT2D eigenvalue weighted by atomic mass is 10.1. The predicted molar refractivity (Wildman–Crippen MR) is 68.2 cm³/mol. The lowest BCUT2D eigenvalue weighted by Crippen LogP contribution is -2.01. The van der Waals surface area contributed by atoms with Crippen LogP contribution in [-0.4, -0.2) is 17.3 Å². The van der Waals surface area contributed by atoms with Crippen molar-refractivity contribution in [3.05, 3.63) is 36.1 Å². The number of fused-ring (bicyclic) bond motifs is 1. The third-order valence-corrected chi connectivity index (χ3v) is 3.53. The molecule has 1 heterocycles. The van der Waals surface area contributed by atoms with E-state index >= 15 is 0 Å². The molecule has 2 rings (SSSR count). The van der Waals surface area contributed by atoms with Gasteiger partial charge in [-0.3, -0.25) is 4.79 Å². The summed E-state index contributed by atoms with van der Waals surface area (Å²) in [7, 11) is 0. The van der Waals surface area contributed by atoms with Gasteiger partial charge >= 0.3 is 0 Å². The smallest absolute Gasteiger partial charge is 0.176 e. The molecule has 0 atom stereocenters. The van der Waals surface area contributed by atoms with Gasteiger partial charge in [0.25, 0.3) is 0 Å². The number of carbonyl (C=O) groups excluding carboxylic acids is 1. The van der Waals surface area contributed by atoms with E-state index in [2.05, 4.69) is 6.92 Å². The van der Waals surface area contributed by atoms with Crippen LogP contribution in [0.3, 0.4) is 0 Å². The van der Waals surface area contributed by atoms with Crippen molar-refractivity contribution >= 4 is 28.5 Å². The zero-order chi connectivity index (χ0) is 11.4. The van der Waals surface area contributed by atoms with E-state index in [-0.39, 0.29) is 5.78 Å². The maximum absolute atomic E-state index is 11.9. The number of furan rings is 1. The molecule has 16 heavy (non-hydrogen) atoms. The molecule has 0 N–H and O–H groups in total. The minimum absolute atomic E-state index is 0.156. The third-order valence-electron chi connectivity index (χ3n) is 2.36. The summed E-state index contributed by atoms with van der Waals surface area (Å²) >= 11 is 1.68. The fourth-order valence-electron chi connectivity index (χ4n) is 1.58. The number of hydrogen-bond acceptors (Lipinski definition) is 3. The van der Waals surface area contributed by atoms with Gasteiger partial charge in [0.1, 0.15) is 11.8 Å². The van der Waals surface area contributed by atoms with Gasteiger partial charge in [0, 0.05) is 5.39 Å². The van der Waals surface area contributed by atoms with Crippen molar-refractivity contribution in [2.75, 3.05) is 11.5 Å². The molecule has 2 nitrogen and oxygen atoms in total. The molecule has 0 aliphatic rings. The van der Waals surface area contributed by atoms with Gasteiger partial charge in [0.15, 0.2) is 5.78 Å². The Bertz CT molecular complexity index is 487. The van der Waals surface area contributed by atoms with Crippen LogP contribution in [0, 0.1) is 0 Å². The first-order valence-electron chi connectivity index (χ1n) is 5.40. The minimum atomic E-state index is 0.156. The standard InChI is InChI=1S/C13H14O2S/c1-2-7-16-9-12(14)11-8-15-13-6-4-3-5-10(11)13/h3-6,8H,2,7,9H2,1H3. The average Bonchev–Trinajstić information content (AvgIpc) is 2.73. The van der Waals surface area contributed by atoms with E-state index in [4.69, 9.17) is 4.42 Å². The number of Topliss-reactive ketones (excluding diaryl/α,β-unsaturated/α-hetero) is 1. The Morgan fingerprint density at radius 2 is 2.19 bits per heavy atom. The van der Waals surface area contributed by atoms with E-state index in [9.17, 15) is 4.79 Å². The summed E-state index contributed by atoms with van der Waals surface area (Å²) in [5, 5.41) is 0.921. The second-order valence-corrected chi connectivity index (χ2v) is 4.73. The Hall–Kier alpha value is -1.22. The summed E-state index contributed by atoms with van der Waals surface area (Å²) in [5.41, 5.74) is 1.49. The highest BCUT2D eigenvalue weighted by atomic mass is 32.2. The second kappa shape index (κ2) is 5.21. The van der Waals surface area contributed by atoms with Crippen LogP contribution in [0.1, 0.15) is 23.7 Å². The molecule has 1 aromatic carbocycles. The number of rotatable bonds is 5. The molecule has 0 radical (unpaired) electrons. The number of hydrogen-bond donors (Lipinski definition) is 0. The van der Waals surface area contributed by atoms with Crippen LogP contribution >= 0.6 is 11.8 Å². The van der Waals surface area contributed by atoms with E-state index in [1.54, 1.807) is 18.0 Å². The Morgan fingerprint density at radius 1 is 1.38 bits per heavy atom. The van der Waals surface area contributed by atoms with Crippen molar-refractivity contribution in [3.63, 3.8) is 0 Å². The normalized spacial score (nSPS) is 10.8. The van der Waals surface area contributed by atoms with Crippen molar-refractivity contribution in [1.82, 2.24) is 0 Å². The molecule has 0 spiro atoms. The molecule has 1 aromatic heterocycles. The van der Waals surface area contributed by atoms with Crippen molar-refractivity contribution < 1.29 is 9.21 Å². The van der Waals surface area contributed by atoms with Gasteiger partial charge in [0.2, 0.25) is 0 Å². The highest BCUT2D eigenvalue weighted by Crippen LogP contribution is 2.22. The minimum Gasteiger partial charge on any atom is -0.464 e. The number of carbonyl (C=O) groups is 1. The van der Waals surface area contributed by atoms with Gasteiger partial charge in [-0.05, 0) is 18.2 Å². The molecule has 2 aromatic rings. The quantitative estimate of drug-likeness (QED) is 0.583. The number of para-hydroxylation sites is 1. The molecule has 0 fully saturated rings. The Kier molecular flexibility index (Phi) is 3.67. The van der Waals surface area contributed by atoms with Crippen LogP contribution < -0.4 is 0 Å². The van der Waals surface area contributed by atoms with Crippen molar-refractivity contribution in [1.29, 1.82) is 0 Å². The average molecular weight is 234 g/mol. The molecule has 0 bridgehead atoms. The van der Waals surface area contributed by atoms with Gasteiger partial charge in [0.05, 0.1) is 11.3 Å². The number of thioether (sulfide) groups is 1. The summed E-state index contributed by atoms with van der Waals surface area (Å²) in [6.45, 7) is 2.12. The SMILES string of the molecule is CCCSCC(=O)c1coc2ccccc12. The summed E-state index contributed by atoms with van der Waals surface area (Å²) < 4.78 is 5.35. The van der Waals surface area contributed by atoms with Crippen LogP contribution in [-0.2, 0) is 0 Å². The summed E-state index contributed by atoms with van der Waals surface area (Å²) in [6, 6.07) is 7.64. The fourth-order valence-corrected chi connectivity index (χ4v) is 2.35. The molecular formula is C13H14O2S. The maximum Gasteiger partial charge on any atom is 0.176 e. The van der Waals surface area contributed by atoms with E-state index in [0.29, 0.717) is 11.3 Å². The van der Waals surface area contributed by atoms with Gasteiger partial charge in [-0.2, -0.15) is 11.8 Å². The Labute approximate surface area is 99.0 Å². The molecule has 3 heteroatoms. The predicted octanol–water partition coefficient (Wildman–Crippen LogP) is 3.76. The molecule has 0 aliphatic carbocycles. The first kappa shape index (κ1) is 11.3. The maximum atomic E-state index is 11.9. The van der Waals surface area contributed by atoms with Crippen molar-refractivity contribution in [2.24, 2.45) is 0 Å². The zero-order valence-electron chi connectivity index (χ0n) is 9.23. The monoisotopic (exact) mass is 234 g/mol. The van der Waals surface area contributed by atoms with Gasteiger partial charge in [-0.15, -0.1) is 0 Å². The largest absolute Gasteiger partial charge is 0.464 e. The van der Waals surface area contributed by atoms with Crippen LogP contribution in [0.15, 0.2) is 34.9 Å². The highest BCUT2D eigenvalue weighted by Gasteiger charge is 2.12. The van der Waals surface area contributed by atoms with Crippen LogP contribution in [0.2, 0.25) is 0 Å². The van der Waals surface area contributed by atoms with Crippen LogP contribution in [0.25, 0.3) is 11.0 Å². The lowest BCUT2D eigenvalue weighted by Gasteiger charge is -1.97. The Balaban J connectivity index is 2.17. The van der Waals surface area contributed by atoms with E-state index in [1.807, 2.05) is 24.3 Å². The van der Waals surface area contributed by atoms with E-state index < -0.39 is 0 Å². The fraction of sp³-hybridized carbons (Fsp3) is 0.308. The lowest BCUT2D eigenvalue weighted by molar-refractivity contribution is 0.102. The molecule has 0 aliphatic heterocycles. The molecule has 0 amide bonds. The molecule has 84 valence electrons. The summed E-state index contributed by atoms with van der Waals surface area (Å²) in [6.07, 6.45) is 2.67. The second-order valence-electron chi connectivity index (χ2n) is 3.62. The number of ketones is 1. The van der Waals surface area contributed by atoms with Gasteiger partial charge < -0.3 is 4.42 Å². The van der Waals surface area contributed by atoms with E-state index in [0.717, 1.165) is 23.1 Å². The molecule has 0 saturated carbocycles. The van der Waals surface area contributed by atoms with Gasteiger partial charge in [-0.1, -0.05) is 25.1 Å². The number of benzene rings is 1. The highest BCUT2D eigenvalue weighted by molar-refractivity contribution is 7.99. The van der Waals surface area contributed by atoms with Crippen molar-refractivity contribution in [3.8, 4) is 0 Å². The summed E-state index contributed by atoms with van der Waals surface area (Å²) in [4.78, 5) is 11.9. The topological polar surface area (TPSA) is 30.2 Å². The van der Waals surface area contributed by atoms with Crippen LogP contribution in [0.4, 0.5) is 0 Å².